The lowest BCUT2D eigenvalue weighted by atomic mass is 10.2. The summed E-state index contributed by atoms with van der Waals surface area (Å²) < 4.78 is 5.29. The highest BCUT2D eigenvalue weighted by Gasteiger charge is 2.24. The van der Waals surface area contributed by atoms with E-state index in [1.165, 1.54) is 0 Å². The molecule has 0 spiro atoms. The van der Waals surface area contributed by atoms with E-state index < -0.39 is 0 Å². The number of aromatic nitrogens is 1. The zero-order valence-electron chi connectivity index (χ0n) is 10.9. The molecule has 0 radical (unpaired) electrons. The minimum Gasteiger partial charge on any atom is -0.378 e. The van der Waals surface area contributed by atoms with Crippen molar-refractivity contribution < 1.29 is 9.53 Å². The Morgan fingerprint density at radius 2 is 2.37 bits per heavy atom. The monoisotopic (exact) mass is 327 g/mol. The molecule has 1 amide bonds. The van der Waals surface area contributed by atoms with Crippen molar-refractivity contribution in [3.8, 4) is 0 Å². The number of carbonyl (C=O) groups excluding carboxylic acids is 1. The number of rotatable bonds is 3. The second kappa shape index (κ2) is 8.71. The first-order valence-electron chi connectivity index (χ1n) is 5.64. The van der Waals surface area contributed by atoms with Gasteiger partial charge in [0.15, 0.2) is 0 Å². The molecule has 2 heterocycles. The van der Waals surface area contributed by atoms with Crippen LogP contribution >= 0.6 is 36.2 Å². The summed E-state index contributed by atoms with van der Waals surface area (Å²) in [6.45, 7) is 4.46. The van der Waals surface area contributed by atoms with Crippen molar-refractivity contribution >= 4 is 42.1 Å². The number of ether oxygens (including phenoxy) is 1. The van der Waals surface area contributed by atoms with Gasteiger partial charge in [0.05, 0.1) is 24.8 Å². The number of carbonyl (C=O) groups is 1. The quantitative estimate of drug-likeness (QED) is 0.907. The van der Waals surface area contributed by atoms with E-state index in [1.807, 2.05) is 20.2 Å². The number of thiazole rings is 1. The van der Waals surface area contributed by atoms with Gasteiger partial charge in [-0.2, -0.15) is 0 Å². The maximum atomic E-state index is 12.1. The van der Waals surface area contributed by atoms with Crippen molar-refractivity contribution in [3.63, 3.8) is 0 Å². The fourth-order valence-electron chi connectivity index (χ4n) is 1.78. The normalized spacial score (nSPS) is 18.1. The van der Waals surface area contributed by atoms with Gasteiger partial charge in [-0.25, -0.2) is 4.98 Å². The average Bonchev–Trinajstić information content (AvgIpc) is 2.75. The molecule has 1 aliphatic heterocycles. The molecule has 0 aromatic carbocycles. The number of nitrogens with one attached hydrogen (secondary N) is 1. The molecule has 0 aliphatic carbocycles. The van der Waals surface area contributed by atoms with Gasteiger partial charge in [-0.3, -0.25) is 4.79 Å². The van der Waals surface area contributed by atoms with E-state index in [0.29, 0.717) is 19.8 Å². The fraction of sp³-hybridized carbons (Fsp3) is 0.636. The fourth-order valence-corrected chi connectivity index (χ4v) is 2.63. The number of likely N-dealkylation sites (N-methyl/N-ethyl adjacent to an activating group) is 1. The van der Waals surface area contributed by atoms with Crippen LogP contribution in [0.2, 0.25) is 0 Å². The maximum absolute atomic E-state index is 12.1. The first kappa shape index (κ1) is 18.6. The SMILES string of the molecule is Cc1ncc(CN(C)C(=O)C2COCCN2)s1.Cl.Cl. The van der Waals surface area contributed by atoms with Gasteiger partial charge in [0.2, 0.25) is 5.91 Å². The largest absolute Gasteiger partial charge is 0.378 e. The molecular formula is C11H19Cl2N3O2S. The van der Waals surface area contributed by atoms with Crippen LogP contribution in [0.1, 0.15) is 9.88 Å². The van der Waals surface area contributed by atoms with Crippen molar-refractivity contribution in [2.45, 2.75) is 19.5 Å². The van der Waals surface area contributed by atoms with Crippen LogP contribution in [0, 0.1) is 6.92 Å². The zero-order chi connectivity index (χ0) is 12.3. The summed E-state index contributed by atoms with van der Waals surface area (Å²) in [5.74, 6) is 0.0794. The van der Waals surface area contributed by atoms with Gasteiger partial charge in [-0.15, -0.1) is 36.2 Å². The van der Waals surface area contributed by atoms with Crippen LogP contribution in [0.5, 0.6) is 0 Å². The van der Waals surface area contributed by atoms with Gasteiger partial charge in [-0.05, 0) is 6.92 Å². The van der Waals surface area contributed by atoms with Crippen molar-refractivity contribution in [2.24, 2.45) is 0 Å². The van der Waals surface area contributed by atoms with Crippen LogP contribution in [0.3, 0.4) is 0 Å². The van der Waals surface area contributed by atoms with E-state index in [4.69, 9.17) is 4.74 Å². The summed E-state index contributed by atoms with van der Waals surface area (Å²) in [4.78, 5) is 19.1. The third-order valence-electron chi connectivity index (χ3n) is 2.66. The van der Waals surface area contributed by atoms with Crippen molar-refractivity contribution in [2.75, 3.05) is 26.8 Å². The van der Waals surface area contributed by atoms with Crippen LogP contribution in [0.4, 0.5) is 0 Å². The molecule has 1 atom stereocenters. The van der Waals surface area contributed by atoms with Crippen molar-refractivity contribution in [1.29, 1.82) is 0 Å². The second-order valence-electron chi connectivity index (χ2n) is 4.12. The summed E-state index contributed by atoms with van der Waals surface area (Å²) in [5.41, 5.74) is 0. The second-order valence-corrected chi connectivity index (χ2v) is 5.44. The molecular weight excluding hydrogens is 309 g/mol. The van der Waals surface area contributed by atoms with E-state index in [0.717, 1.165) is 16.4 Å². The molecule has 19 heavy (non-hydrogen) atoms. The molecule has 1 aliphatic rings. The van der Waals surface area contributed by atoms with Crippen molar-refractivity contribution in [1.82, 2.24) is 15.2 Å². The van der Waals surface area contributed by atoms with Gasteiger partial charge < -0.3 is 15.0 Å². The highest BCUT2D eigenvalue weighted by atomic mass is 35.5. The number of hydrogen-bond donors (Lipinski definition) is 1. The topological polar surface area (TPSA) is 54.5 Å². The Labute approximate surface area is 129 Å². The standard InChI is InChI=1S/C11H17N3O2S.2ClH/c1-8-13-5-9(17-8)6-14(2)11(15)10-7-16-4-3-12-10;;/h5,10,12H,3-4,6-7H2,1-2H3;2*1H. The lowest BCUT2D eigenvalue weighted by molar-refractivity contribution is -0.135. The average molecular weight is 328 g/mol. The molecule has 2 rings (SSSR count). The molecule has 1 aromatic heterocycles. The molecule has 5 nitrogen and oxygen atoms in total. The molecule has 8 heteroatoms. The van der Waals surface area contributed by atoms with Gasteiger partial charge >= 0.3 is 0 Å². The Morgan fingerprint density at radius 3 is 2.89 bits per heavy atom. The van der Waals surface area contributed by atoms with E-state index in [-0.39, 0.29) is 36.8 Å². The van der Waals surface area contributed by atoms with Crippen LogP contribution in [-0.4, -0.2) is 48.6 Å². The summed E-state index contributed by atoms with van der Waals surface area (Å²) in [5, 5.41) is 4.19. The summed E-state index contributed by atoms with van der Waals surface area (Å²) >= 11 is 1.62. The predicted octanol–water partition coefficient (Wildman–Crippen LogP) is 1.24. The van der Waals surface area contributed by atoms with Gasteiger partial charge in [0.1, 0.15) is 6.04 Å². The van der Waals surface area contributed by atoms with E-state index in [2.05, 4.69) is 10.3 Å². The summed E-state index contributed by atoms with van der Waals surface area (Å²) in [7, 11) is 1.81. The Bertz CT molecular complexity index is 397. The zero-order valence-corrected chi connectivity index (χ0v) is 13.4. The smallest absolute Gasteiger partial charge is 0.242 e. The third-order valence-corrected chi connectivity index (χ3v) is 3.56. The molecule has 1 unspecified atom stereocenters. The summed E-state index contributed by atoms with van der Waals surface area (Å²) in [6, 6.07) is -0.206. The first-order chi connectivity index (χ1) is 8.16. The van der Waals surface area contributed by atoms with E-state index in [1.54, 1.807) is 16.2 Å². The Morgan fingerprint density at radius 1 is 1.63 bits per heavy atom. The van der Waals surface area contributed by atoms with Gasteiger partial charge in [-0.1, -0.05) is 0 Å². The molecule has 0 saturated carbocycles. The molecule has 110 valence electrons. The van der Waals surface area contributed by atoms with Crippen LogP contribution in [-0.2, 0) is 16.1 Å². The van der Waals surface area contributed by atoms with Crippen LogP contribution in [0.15, 0.2) is 6.20 Å². The Kier molecular flexibility index (Phi) is 8.52. The number of hydrogen-bond acceptors (Lipinski definition) is 5. The summed E-state index contributed by atoms with van der Waals surface area (Å²) in [6.07, 6.45) is 1.83. The lowest BCUT2D eigenvalue weighted by Crippen LogP contribution is -2.51. The molecule has 1 saturated heterocycles. The maximum Gasteiger partial charge on any atom is 0.242 e. The molecule has 1 fully saturated rings. The van der Waals surface area contributed by atoms with Crippen molar-refractivity contribution in [3.05, 3.63) is 16.1 Å². The van der Waals surface area contributed by atoms with Gasteiger partial charge in [0, 0.05) is 24.7 Å². The predicted molar refractivity (Wildman–Crippen MR) is 80.4 cm³/mol. The number of aryl methyl sites for hydroxylation is 1. The highest BCUT2D eigenvalue weighted by Crippen LogP contribution is 2.14. The van der Waals surface area contributed by atoms with Crippen LogP contribution < -0.4 is 5.32 Å². The highest BCUT2D eigenvalue weighted by molar-refractivity contribution is 7.11. The van der Waals surface area contributed by atoms with Crippen LogP contribution in [0.25, 0.3) is 0 Å². The van der Waals surface area contributed by atoms with E-state index >= 15 is 0 Å². The number of morpholine rings is 1. The first-order valence-corrected chi connectivity index (χ1v) is 6.46. The third kappa shape index (κ3) is 5.24. The molecule has 1 aromatic rings. The minimum atomic E-state index is -0.206. The number of halogens is 2. The number of amides is 1. The Hall–Kier alpha value is -0.400. The van der Waals surface area contributed by atoms with E-state index in [9.17, 15) is 4.79 Å². The lowest BCUT2D eigenvalue weighted by Gasteiger charge is -2.27. The molecule has 0 bridgehead atoms. The minimum absolute atomic E-state index is 0. The molecule has 1 N–H and O–H groups in total. The van der Waals surface area contributed by atoms with Gasteiger partial charge in [0.25, 0.3) is 0 Å². The number of nitrogens with zero attached hydrogens (tertiary/aromatic N) is 2. The Balaban J connectivity index is 0.00000162.